The van der Waals surface area contributed by atoms with Gasteiger partial charge in [-0.1, -0.05) is 23.7 Å². The molecule has 0 amide bonds. The van der Waals surface area contributed by atoms with Crippen molar-refractivity contribution >= 4 is 17.6 Å². The number of hydrogen-bond acceptors (Lipinski definition) is 2. The van der Waals surface area contributed by atoms with Gasteiger partial charge in [-0.15, -0.1) is 10.0 Å². The van der Waals surface area contributed by atoms with E-state index in [2.05, 4.69) is 0 Å². The Morgan fingerprint density at radius 2 is 2.36 bits per heavy atom. The molecule has 0 unspecified atom stereocenters. The minimum absolute atomic E-state index is 0.0619. The number of benzene rings is 1. The van der Waals surface area contributed by atoms with Gasteiger partial charge in [0, 0.05) is 11.4 Å². The molecule has 76 valence electrons. The van der Waals surface area contributed by atoms with Gasteiger partial charge in [0.2, 0.25) is 0 Å². The van der Waals surface area contributed by atoms with Gasteiger partial charge in [-0.05, 0) is 17.7 Å². The van der Waals surface area contributed by atoms with Crippen molar-refractivity contribution < 1.29 is 14.4 Å². The summed E-state index contributed by atoms with van der Waals surface area (Å²) in [5, 5.41) is 9.07. The molecular weight excluding hydrogens is 209 g/mol. The Hall–Kier alpha value is -1.13. The molecule has 0 heterocycles. The molecule has 0 aliphatic carbocycles. The Bertz CT molecular complexity index is 332. The molecule has 0 fully saturated rings. The summed E-state index contributed by atoms with van der Waals surface area (Å²) < 4.78 is 12.0. The lowest BCUT2D eigenvalue weighted by Gasteiger charge is -2.08. The lowest BCUT2D eigenvalue weighted by atomic mass is 10.1. The highest BCUT2D eigenvalue weighted by atomic mass is 35.5. The van der Waals surface area contributed by atoms with Gasteiger partial charge in [0.1, 0.15) is 6.04 Å². The van der Waals surface area contributed by atoms with Gasteiger partial charge in [-0.3, -0.25) is 4.79 Å². The Kier molecular flexibility index (Phi) is 3.85. The summed E-state index contributed by atoms with van der Waals surface area (Å²) in [5.41, 5.74) is 1.90. The molecule has 0 bridgehead atoms. The molecule has 0 aliphatic rings. The van der Waals surface area contributed by atoms with Gasteiger partial charge >= 0.3 is 5.97 Å². The van der Waals surface area contributed by atoms with Crippen molar-refractivity contribution in [3.63, 3.8) is 0 Å². The van der Waals surface area contributed by atoms with Crippen LogP contribution in [0.3, 0.4) is 0 Å². The van der Waals surface area contributed by atoms with Gasteiger partial charge in [-0.2, -0.15) is 0 Å². The van der Waals surface area contributed by atoms with Gasteiger partial charge < -0.3 is 5.11 Å². The number of carboxylic acid groups (broad SMARTS) is 1. The minimum Gasteiger partial charge on any atom is -0.480 e. The van der Waals surface area contributed by atoms with Crippen LogP contribution in [0.5, 0.6) is 0 Å². The van der Waals surface area contributed by atoms with E-state index in [9.17, 15) is 9.28 Å². The van der Waals surface area contributed by atoms with E-state index >= 15 is 0 Å². The largest absolute Gasteiger partial charge is 0.480 e. The van der Waals surface area contributed by atoms with Crippen molar-refractivity contribution in [2.75, 3.05) is 0 Å². The van der Waals surface area contributed by atoms with Crippen LogP contribution >= 0.6 is 11.6 Å². The van der Waals surface area contributed by atoms with Gasteiger partial charge in [0.15, 0.2) is 0 Å². The molecule has 3 nitrogen and oxygen atoms in total. The lowest BCUT2D eigenvalue weighted by molar-refractivity contribution is -0.140. The molecule has 1 aromatic carbocycles. The molecule has 0 saturated heterocycles. The molecule has 0 radical (unpaired) electrons. The molecule has 1 aromatic rings. The molecule has 1 atom stereocenters. The molecule has 5 heteroatoms. The number of nitrogens with one attached hydrogen (secondary N) is 1. The molecule has 14 heavy (non-hydrogen) atoms. The van der Waals surface area contributed by atoms with E-state index in [-0.39, 0.29) is 6.42 Å². The third kappa shape index (κ3) is 2.97. The molecule has 0 spiro atoms. The molecule has 0 aliphatic heterocycles. The summed E-state index contributed by atoms with van der Waals surface area (Å²) in [7, 11) is 0. The summed E-state index contributed by atoms with van der Waals surface area (Å²) in [6.07, 6.45) is 0.0619. The predicted octanol–water partition coefficient (Wildman–Crippen LogP) is 1.81. The van der Waals surface area contributed by atoms with Crippen molar-refractivity contribution in [2.45, 2.75) is 12.5 Å². The Morgan fingerprint density at radius 1 is 1.64 bits per heavy atom. The second kappa shape index (κ2) is 4.93. The van der Waals surface area contributed by atoms with Crippen molar-refractivity contribution in [1.29, 1.82) is 0 Å². The third-order valence-electron chi connectivity index (χ3n) is 1.76. The number of rotatable bonds is 4. The summed E-state index contributed by atoms with van der Waals surface area (Å²) in [5.74, 6) is -1.23. The van der Waals surface area contributed by atoms with Gasteiger partial charge in [-0.25, -0.2) is 0 Å². The van der Waals surface area contributed by atoms with Gasteiger partial charge in [0.25, 0.3) is 0 Å². The van der Waals surface area contributed by atoms with E-state index in [0.717, 1.165) is 0 Å². The second-order valence-electron chi connectivity index (χ2n) is 2.83. The van der Waals surface area contributed by atoms with Crippen LogP contribution in [0.1, 0.15) is 5.56 Å². The monoisotopic (exact) mass is 217 g/mol. The topological polar surface area (TPSA) is 49.3 Å². The Morgan fingerprint density at radius 3 is 2.86 bits per heavy atom. The van der Waals surface area contributed by atoms with Crippen LogP contribution < -0.4 is 5.54 Å². The second-order valence-corrected chi connectivity index (χ2v) is 3.27. The number of carboxylic acids is 1. The van der Waals surface area contributed by atoms with E-state index < -0.39 is 12.0 Å². The fraction of sp³-hybridized carbons (Fsp3) is 0.222. The van der Waals surface area contributed by atoms with Crippen LogP contribution in [-0.4, -0.2) is 17.1 Å². The summed E-state index contributed by atoms with van der Waals surface area (Å²) in [6.45, 7) is 0. The van der Waals surface area contributed by atoms with E-state index in [4.69, 9.17) is 16.7 Å². The molecule has 1 rings (SSSR count). The first-order chi connectivity index (χ1) is 6.63. The molecule has 2 N–H and O–H groups in total. The van der Waals surface area contributed by atoms with Crippen molar-refractivity contribution in [3.05, 3.63) is 34.9 Å². The smallest absolute Gasteiger partial charge is 0.323 e. The fourth-order valence-corrected chi connectivity index (χ4v) is 1.29. The van der Waals surface area contributed by atoms with Crippen LogP contribution in [0.2, 0.25) is 5.02 Å². The molecule has 0 saturated carbocycles. The van der Waals surface area contributed by atoms with Crippen LogP contribution in [0.15, 0.2) is 24.3 Å². The average Bonchev–Trinajstić information content (AvgIpc) is 2.14. The maximum Gasteiger partial charge on any atom is 0.323 e. The zero-order valence-corrected chi connectivity index (χ0v) is 7.96. The van der Waals surface area contributed by atoms with Crippen molar-refractivity contribution in [1.82, 2.24) is 5.54 Å². The van der Waals surface area contributed by atoms with Crippen molar-refractivity contribution in [3.8, 4) is 0 Å². The predicted molar refractivity (Wildman–Crippen MR) is 50.8 cm³/mol. The first-order valence-electron chi connectivity index (χ1n) is 3.97. The van der Waals surface area contributed by atoms with Crippen molar-refractivity contribution in [2.24, 2.45) is 0 Å². The first kappa shape index (κ1) is 10.9. The van der Waals surface area contributed by atoms with E-state index in [0.29, 0.717) is 10.6 Å². The SMILES string of the molecule is O=C(O)[C@H](Cc1cccc(Cl)c1)NF. The maximum atomic E-state index is 12.0. The highest BCUT2D eigenvalue weighted by molar-refractivity contribution is 6.30. The van der Waals surface area contributed by atoms with Crippen LogP contribution in [0.25, 0.3) is 0 Å². The number of aliphatic carboxylic acids is 1. The number of hydrogen-bond donors (Lipinski definition) is 2. The lowest BCUT2D eigenvalue weighted by Crippen LogP contribution is -2.33. The quantitative estimate of drug-likeness (QED) is 0.757. The fourth-order valence-electron chi connectivity index (χ4n) is 1.07. The standard InChI is InChI=1S/C9H9ClFNO2/c10-7-3-1-2-6(4-7)5-8(12-11)9(13)14/h1-4,8,12H,5H2,(H,13,14)/t8-/m0/s1. The molecule has 0 aromatic heterocycles. The molecular formula is C9H9ClFNO2. The number of carbonyl (C=O) groups is 1. The summed E-state index contributed by atoms with van der Waals surface area (Å²) >= 11 is 5.69. The summed E-state index contributed by atoms with van der Waals surface area (Å²) in [6, 6.07) is 5.43. The minimum atomic E-state index is -1.23. The van der Waals surface area contributed by atoms with Gasteiger partial charge in [0.05, 0.1) is 0 Å². The third-order valence-corrected chi connectivity index (χ3v) is 1.99. The first-order valence-corrected chi connectivity index (χ1v) is 4.34. The zero-order valence-electron chi connectivity index (χ0n) is 7.21. The normalized spacial score (nSPS) is 12.4. The highest BCUT2D eigenvalue weighted by Gasteiger charge is 2.17. The number of halogens is 2. The Balaban J connectivity index is 2.72. The van der Waals surface area contributed by atoms with Crippen LogP contribution in [0.4, 0.5) is 4.48 Å². The highest BCUT2D eigenvalue weighted by Crippen LogP contribution is 2.12. The maximum absolute atomic E-state index is 12.0. The Labute approximate surface area is 85.4 Å². The van der Waals surface area contributed by atoms with Crippen LogP contribution in [0, 0.1) is 0 Å². The average molecular weight is 218 g/mol. The van der Waals surface area contributed by atoms with E-state index in [1.807, 2.05) is 0 Å². The van der Waals surface area contributed by atoms with E-state index in [1.54, 1.807) is 24.3 Å². The summed E-state index contributed by atoms with van der Waals surface area (Å²) in [4.78, 5) is 10.5. The van der Waals surface area contributed by atoms with Crippen LogP contribution in [-0.2, 0) is 11.2 Å². The zero-order chi connectivity index (χ0) is 10.6. The van der Waals surface area contributed by atoms with E-state index in [1.165, 1.54) is 5.54 Å².